The number of carbonyl (C=O) groups is 1. The minimum atomic E-state index is 0.191. The van der Waals surface area contributed by atoms with Crippen molar-refractivity contribution in [3.05, 3.63) is 28.8 Å². The van der Waals surface area contributed by atoms with Gasteiger partial charge in [-0.05, 0) is 32.3 Å². The van der Waals surface area contributed by atoms with E-state index in [1.165, 1.54) is 16.7 Å². The van der Waals surface area contributed by atoms with Gasteiger partial charge in [0.05, 0.1) is 6.61 Å². The van der Waals surface area contributed by atoms with Gasteiger partial charge in [-0.25, -0.2) is 0 Å². The Labute approximate surface area is 133 Å². The van der Waals surface area contributed by atoms with Crippen LogP contribution in [0.1, 0.15) is 42.5 Å². The van der Waals surface area contributed by atoms with E-state index in [-0.39, 0.29) is 5.91 Å². The smallest absolute Gasteiger partial charge is 0.219 e. The molecule has 1 aromatic carbocycles. The number of fused-ring (bicyclic) bond motifs is 1. The molecule has 0 bridgehead atoms. The molecule has 120 valence electrons. The average Bonchev–Trinajstić information content (AvgIpc) is 2.70. The molecular formula is C18H26N2O2. The van der Waals surface area contributed by atoms with Crippen LogP contribution in [0.25, 0.3) is 0 Å². The fraction of sp³-hybridized carbons (Fsp3) is 0.611. The summed E-state index contributed by atoms with van der Waals surface area (Å²) >= 11 is 0. The summed E-state index contributed by atoms with van der Waals surface area (Å²) in [5, 5.41) is 0. The van der Waals surface area contributed by atoms with Gasteiger partial charge in [-0.1, -0.05) is 17.7 Å². The second-order valence-electron chi connectivity index (χ2n) is 6.55. The molecular weight excluding hydrogens is 276 g/mol. The van der Waals surface area contributed by atoms with Crippen molar-refractivity contribution < 1.29 is 9.53 Å². The van der Waals surface area contributed by atoms with E-state index in [9.17, 15) is 4.79 Å². The Kier molecular flexibility index (Phi) is 4.39. The largest absolute Gasteiger partial charge is 0.493 e. The predicted molar refractivity (Wildman–Crippen MR) is 87.2 cm³/mol. The summed E-state index contributed by atoms with van der Waals surface area (Å²) in [4.78, 5) is 16.0. The van der Waals surface area contributed by atoms with E-state index < -0.39 is 0 Å². The molecule has 2 aliphatic heterocycles. The molecule has 0 spiro atoms. The van der Waals surface area contributed by atoms with Crippen molar-refractivity contribution in [3.8, 4) is 5.75 Å². The number of piperazine rings is 1. The topological polar surface area (TPSA) is 32.8 Å². The fourth-order valence-electron chi connectivity index (χ4n) is 3.77. The van der Waals surface area contributed by atoms with E-state index in [1.54, 1.807) is 6.92 Å². The Hall–Kier alpha value is -1.55. The lowest BCUT2D eigenvalue weighted by atomic mass is 9.95. The highest BCUT2D eigenvalue weighted by Crippen LogP contribution is 2.38. The summed E-state index contributed by atoms with van der Waals surface area (Å²) in [5.41, 5.74) is 3.88. The molecule has 4 heteroatoms. The van der Waals surface area contributed by atoms with Gasteiger partial charge in [0.25, 0.3) is 0 Å². The SMILES string of the molecule is CC(=O)N1CCN([C@H]2CCCOc3c(C)cc(C)cc32)CC1. The molecule has 0 aliphatic carbocycles. The maximum absolute atomic E-state index is 11.5. The minimum absolute atomic E-state index is 0.191. The molecule has 1 aromatic rings. The molecule has 0 radical (unpaired) electrons. The van der Waals surface area contributed by atoms with E-state index in [0.29, 0.717) is 6.04 Å². The lowest BCUT2D eigenvalue weighted by Crippen LogP contribution is -2.49. The first kappa shape index (κ1) is 15.3. The number of amides is 1. The molecule has 0 saturated carbocycles. The van der Waals surface area contributed by atoms with Gasteiger partial charge in [-0.3, -0.25) is 9.69 Å². The van der Waals surface area contributed by atoms with Crippen LogP contribution in [0.3, 0.4) is 0 Å². The zero-order valence-electron chi connectivity index (χ0n) is 13.9. The van der Waals surface area contributed by atoms with Crippen molar-refractivity contribution >= 4 is 5.91 Å². The number of nitrogens with zero attached hydrogens (tertiary/aromatic N) is 2. The number of hydrogen-bond donors (Lipinski definition) is 0. The van der Waals surface area contributed by atoms with Crippen molar-refractivity contribution in [1.29, 1.82) is 0 Å². The van der Waals surface area contributed by atoms with Gasteiger partial charge in [0.1, 0.15) is 5.75 Å². The zero-order chi connectivity index (χ0) is 15.7. The van der Waals surface area contributed by atoms with Gasteiger partial charge < -0.3 is 9.64 Å². The van der Waals surface area contributed by atoms with Crippen molar-refractivity contribution in [2.45, 2.75) is 39.7 Å². The molecule has 0 N–H and O–H groups in total. The monoisotopic (exact) mass is 302 g/mol. The van der Waals surface area contributed by atoms with Crippen LogP contribution in [0.5, 0.6) is 5.75 Å². The van der Waals surface area contributed by atoms with Crippen LogP contribution < -0.4 is 4.74 Å². The molecule has 0 unspecified atom stereocenters. The van der Waals surface area contributed by atoms with Crippen LogP contribution in [0.2, 0.25) is 0 Å². The molecule has 2 aliphatic rings. The molecule has 1 amide bonds. The first-order valence-electron chi connectivity index (χ1n) is 8.30. The molecule has 1 atom stereocenters. The van der Waals surface area contributed by atoms with Gasteiger partial charge >= 0.3 is 0 Å². The molecule has 0 aromatic heterocycles. The maximum atomic E-state index is 11.5. The lowest BCUT2D eigenvalue weighted by Gasteiger charge is -2.39. The zero-order valence-corrected chi connectivity index (χ0v) is 13.9. The first-order chi connectivity index (χ1) is 10.6. The number of aryl methyl sites for hydroxylation is 2. The fourth-order valence-corrected chi connectivity index (χ4v) is 3.77. The number of carbonyl (C=O) groups excluding carboxylic acids is 1. The van der Waals surface area contributed by atoms with Crippen molar-refractivity contribution in [3.63, 3.8) is 0 Å². The second kappa shape index (κ2) is 6.29. The third-order valence-corrected chi connectivity index (χ3v) is 4.88. The number of hydrogen-bond acceptors (Lipinski definition) is 3. The van der Waals surface area contributed by atoms with E-state index >= 15 is 0 Å². The van der Waals surface area contributed by atoms with Crippen molar-refractivity contribution in [1.82, 2.24) is 9.80 Å². The van der Waals surface area contributed by atoms with E-state index in [0.717, 1.165) is 51.4 Å². The van der Waals surface area contributed by atoms with Crippen LogP contribution >= 0.6 is 0 Å². The van der Waals surface area contributed by atoms with Crippen LogP contribution in [0.15, 0.2) is 12.1 Å². The van der Waals surface area contributed by atoms with Crippen molar-refractivity contribution in [2.75, 3.05) is 32.8 Å². The Morgan fingerprint density at radius 2 is 1.91 bits per heavy atom. The molecule has 4 nitrogen and oxygen atoms in total. The van der Waals surface area contributed by atoms with E-state index in [2.05, 4.69) is 30.9 Å². The summed E-state index contributed by atoms with van der Waals surface area (Å²) in [6.07, 6.45) is 2.22. The van der Waals surface area contributed by atoms with E-state index in [4.69, 9.17) is 4.74 Å². The third-order valence-electron chi connectivity index (χ3n) is 4.88. The molecule has 2 heterocycles. The predicted octanol–water partition coefficient (Wildman–Crippen LogP) is 2.68. The van der Waals surface area contributed by atoms with Crippen LogP contribution in [-0.2, 0) is 4.79 Å². The van der Waals surface area contributed by atoms with Gasteiger partial charge in [0.2, 0.25) is 5.91 Å². The molecule has 1 saturated heterocycles. The highest BCUT2D eigenvalue weighted by Gasteiger charge is 2.29. The van der Waals surface area contributed by atoms with Crippen molar-refractivity contribution in [2.24, 2.45) is 0 Å². The standard InChI is InChI=1S/C18H26N2O2/c1-13-11-14(2)18-16(12-13)17(5-4-10-22-18)20-8-6-19(7-9-20)15(3)21/h11-12,17H,4-10H2,1-3H3/t17-/m0/s1. The average molecular weight is 302 g/mol. The second-order valence-corrected chi connectivity index (χ2v) is 6.55. The minimum Gasteiger partial charge on any atom is -0.493 e. The van der Waals surface area contributed by atoms with E-state index in [1.807, 2.05) is 4.90 Å². The number of benzene rings is 1. The third kappa shape index (κ3) is 2.98. The highest BCUT2D eigenvalue weighted by molar-refractivity contribution is 5.73. The number of rotatable bonds is 1. The van der Waals surface area contributed by atoms with Crippen LogP contribution in [0, 0.1) is 13.8 Å². The number of ether oxygens (including phenoxy) is 1. The molecule has 1 fully saturated rings. The summed E-state index contributed by atoms with van der Waals surface area (Å²) in [5.74, 6) is 1.28. The Morgan fingerprint density at radius 1 is 1.18 bits per heavy atom. The van der Waals surface area contributed by atoms with Gasteiger partial charge in [0.15, 0.2) is 0 Å². The summed E-state index contributed by atoms with van der Waals surface area (Å²) < 4.78 is 6.02. The summed E-state index contributed by atoms with van der Waals surface area (Å²) in [6.45, 7) is 10.4. The molecule has 22 heavy (non-hydrogen) atoms. The summed E-state index contributed by atoms with van der Waals surface area (Å²) in [6, 6.07) is 4.91. The quantitative estimate of drug-likeness (QED) is 0.799. The summed E-state index contributed by atoms with van der Waals surface area (Å²) in [7, 11) is 0. The Balaban J connectivity index is 1.85. The maximum Gasteiger partial charge on any atom is 0.219 e. The normalized spacial score (nSPS) is 22.7. The highest BCUT2D eigenvalue weighted by atomic mass is 16.5. The van der Waals surface area contributed by atoms with Crippen LogP contribution in [0.4, 0.5) is 0 Å². The van der Waals surface area contributed by atoms with Crippen LogP contribution in [-0.4, -0.2) is 48.5 Å². The lowest BCUT2D eigenvalue weighted by molar-refractivity contribution is -0.130. The Morgan fingerprint density at radius 3 is 2.59 bits per heavy atom. The van der Waals surface area contributed by atoms with Gasteiger partial charge in [-0.2, -0.15) is 0 Å². The first-order valence-corrected chi connectivity index (χ1v) is 8.30. The molecule has 3 rings (SSSR count). The Bertz CT molecular complexity index is 562. The van der Waals surface area contributed by atoms with Gasteiger partial charge in [-0.15, -0.1) is 0 Å². The van der Waals surface area contributed by atoms with Gasteiger partial charge in [0, 0.05) is 44.7 Å².